The topological polar surface area (TPSA) is 82.5 Å². The molecule has 1 saturated heterocycles. The number of likely N-dealkylation sites (tertiary alicyclic amines) is 1. The van der Waals surface area contributed by atoms with Gasteiger partial charge in [0.15, 0.2) is 0 Å². The Hall–Kier alpha value is -2.89. The van der Waals surface area contributed by atoms with E-state index < -0.39 is 11.9 Å². The summed E-state index contributed by atoms with van der Waals surface area (Å²) in [4.78, 5) is 29.6. The van der Waals surface area contributed by atoms with E-state index in [2.05, 4.69) is 10.3 Å². The summed E-state index contributed by atoms with van der Waals surface area (Å²) in [7, 11) is 0. The Bertz CT molecular complexity index is 792. The Labute approximate surface area is 159 Å². The SMILES string of the molecule is CC1CC(C(=O)O)CN(C(=O)NC(C)c2ccc(-c3cccnc3)cc2)C1. The predicted molar refractivity (Wildman–Crippen MR) is 103 cm³/mol. The second-order valence-corrected chi connectivity index (χ2v) is 7.32. The minimum absolute atomic E-state index is 0.166. The van der Waals surface area contributed by atoms with Crippen molar-refractivity contribution in [2.75, 3.05) is 13.1 Å². The van der Waals surface area contributed by atoms with Crippen molar-refractivity contribution in [3.63, 3.8) is 0 Å². The number of pyridine rings is 1. The fourth-order valence-corrected chi connectivity index (χ4v) is 3.55. The monoisotopic (exact) mass is 367 g/mol. The Morgan fingerprint density at radius 1 is 1.19 bits per heavy atom. The Kier molecular flexibility index (Phi) is 5.74. The van der Waals surface area contributed by atoms with Gasteiger partial charge in [0.1, 0.15) is 0 Å². The summed E-state index contributed by atoms with van der Waals surface area (Å²) >= 11 is 0. The summed E-state index contributed by atoms with van der Waals surface area (Å²) in [5, 5.41) is 12.3. The quantitative estimate of drug-likeness (QED) is 0.866. The number of urea groups is 1. The lowest BCUT2D eigenvalue weighted by molar-refractivity contribution is -0.143. The molecule has 0 bridgehead atoms. The average molecular weight is 367 g/mol. The molecule has 27 heavy (non-hydrogen) atoms. The van der Waals surface area contributed by atoms with Crippen molar-refractivity contribution in [1.82, 2.24) is 15.2 Å². The number of carboxylic acid groups (broad SMARTS) is 1. The summed E-state index contributed by atoms with van der Waals surface area (Å²) in [6, 6.07) is 11.5. The number of piperidine rings is 1. The number of hydrogen-bond acceptors (Lipinski definition) is 3. The second kappa shape index (κ2) is 8.20. The van der Waals surface area contributed by atoms with Crippen LogP contribution < -0.4 is 5.32 Å². The molecule has 3 rings (SSSR count). The molecule has 0 radical (unpaired) electrons. The van der Waals surface area contributed by atoms with Crippen LogP contribution in [0, 0.1) is 11.8 Å². The van der Waals surface area contributed by atoms with Crippen molar-refractivity contribution in [3.05, 3.63) is 54.4 Å². The fraction of sp³-hybridized carbons (Fsp3) is 0.381. The van der Waals surface area contributed by atoms with E-state index in [0.717, 1.165) is 16.7 Å². The molecule has 2 amide bonds. The van der Waals surface area contributed by atoms with Crippen LogP contribution in [-0.4, -0.2) is 40.1 Å². The van der Waals surface area contributed by atoms with E-state index in [4.69, 9.17) is 0 Å². The van der Waals surface area contributed by atoms with Gasteiger partial charge in [0, 0.05) is 25.5 Å². The van der Waals surface area contributed by atoms with Crippen LogP contribution in [0.2, 0.25) is 0 Å². The number of nitrogens with one attached hydrogen (secondary N) is 1. The zero-order valence-corrected chi connectivity index (χ0v) is 15.6. The van der Waals surface area contributed by atoms with Crippen molar-refractivity contribution in [2.24, 2.45) is 11.8 Å². The number of aromatic nitrogens is 1. The van der Waals surface area contributed by atoms with Crippen molar-refractivity contribution < 1.29 is 14.7 Å². The summed E-state index contributed by atoms with van der Waals surface area (Å²) in [6.45, 7) is 4.76. The number of carbonyl (C=O) groups excluding carboxylic acids is 1. The summed E-state index contributed by atoms with van der Waals surface area (Å²) in [6.07, 6.45) is 4.17. The van der Waals surface area contributed by atoms with Crippen molar-refractivity contribution in [1.29, 1.82) is 0 Å². The first-order chi connectivity index (χ1) is 12.9. The van der Waals surface area contributed by atoms with Crippen molar-refractivity contribution in [3.8, 4) is 11.1 Å². The minimum atomic E-state index is -0.835. The Morgan fingerprint density at radius 2 is 1.93 bits per heavy atom. The predicted octanol–water partition coefficient (Wildman–Crippen LogP) is 3.56. The lowest BCUT2D eigenvalue weighted by Crippen LogP contribution is -2.49. The molecule has 6 heteroatoms. The molecule has 3 unspecified atom stereocenters. The van der Waals surface area contributed by atoms with Gasteiger partial charge in [-0.3, -0.25) is 9.78 Å². The van der Waals surface area contributed by atoms with Gasteiger partial charge in [-0.05, 0) is 42.0 Å². The Morgan fingerprint density at radius 3 is 2.56 bits per heavy atom. The lowest BCUT2D eigenvalue weighted by Gasteiger charge is -2.35. The maximum atomic E-state index is 12.6. The molecule has 2 heterocycles. The molecule has 2 aromatic rings. The maximum Gasteiger partial charge on any atom is 0.317 e. The third kappa shape index (κ3) is 4.64. The molecule has 1 fully saturated rings. The van der Waals surface area contributed by atoms with Gasteiger partial charge in [0.05, 0.1) is 12.0 Å². The standard InChI is InChI=1S/C21H25N3O3/c1-14-10-19(20(25)26)13-24(12-14)21(27)23-15(2)16-5-7-17(8-6-16)18-4-3-9-22-11-18/h3-9,11,14-15,19H,10,12-13H2,1-2H3,(H,23,27)(H,25,26). The van der Waals surface area contributed by atoms with E-state index in [1.165, 1.54) is 0 Å². The van der Waals surface area contributed by atoms with Gasteiger partial charge in [0.25, 0.3) is 0 Å². The normalized spacial score (nSPS) is 20.7. The first-order valence-electron chi connectivity index (χ1n) is 9.22. The van der Waals surface area contributed by atoms with E-state index in [0.29, 0.717) is 13.0 Å². The van der Waals surface area contributed by atoms with Crippen LogP contribution in [0.5, 0.6) is 0 Å². The van der Waals surface area contributed by atoms with Crippen molar-refractivity contribution in [2.45, 2.75) is 26.3 Å². The molecule has 2 N–H and O–H groups in total. The number of benzene rings is 1. The van der Waals surface area contributed by atoms with Crippen LogP contribution in [0.15, 0.2) is 48.8 Å². The third-order valence-electron chi connectivity index (χ3n) is 5.04. The lowest BCUT2D eigenvalue weighted by atomic mass is 9.91. The summed E-state index contributed by atoms with van der Waals surface area (Å²) in [5.74, 6) is -1.15. The van der Waals surface area contributed by atoms with Gasteiger partial charge in [-0.2, -0.15) is 0 Å². The molecular formula is C21H25N3O3. The largest absolute Gasteiger partial charge is 0.481 e. The van der Waals surface area contributed by atoms with Gasteiger partial charge in [-0.15, -0.1) is 0 Å². The van der Waals surface area contributed by atoms with Crippen molar-refractivity contribution >= 4 is 12.0 Å². The van der Waals surface area contributed by atoms with E-state index in [1.807, 2.05) is 56.4 Å². The molecule has 6 nitrogen and oxygen atoms in total. The molecule has 1 aromatic heterocycles. The van der Waals surface area contributed by atoms with Gasteiger partial charge in [-0.25, -0.2) is 4.79 Å². The number of carbonyl (C=O) groups is 2. The number of nitrogens with zero attached hydrogens (tertiary/aromatic N) is 2. The zero-order valence-electron chi connectivity index (χ0n) is 15.6. The fourth-order valence-electron chi connectivity index (χ4n) is 3.55. The molecule has 1 aliphatic heterocycles. The highest BCUT2D eigenvalue weighted by Gasteiger charge is 2.32. The average Bonchev–Trinajstić information content (AvgIpc) is 2.68. The highest BCUT2D eigenvalue weighted by Crippen LogP contribution is 2.24. The number of aliphatic carboxylic acids is 1. The second-order valence-electron chi connectivity index (χ2n) is 7.32. The van der Waals surface area contributed by atoms with Crippen LogP contribution in [0.4, 0.5) is 4.79 Å². The van der Waals surface area contributed by atoms with Gasteiger partial charge >= 0.3 is 12.0 Å². The molecule has 0 spiro atoms. The molecule has 0 saturated carbocycles. The first kappa shape index (κ1) is 18.9. The smallest absolute Gasteiger partial charge is 0.317 e. The molecule has 3 atom stereocenters. The molecular weight excluding hydrogens is 342 g/mol. The number of rotatable bonds is 4. The number of amides is 2. The van der Waals surface area contributed by atoms with Crippen LogP contribution >= 0.6 is 0 Å². The summed E-state index contributed by atoms with van der Waals surface area (Å²) < 4.78 is 0. The maximum absolute atomic E-state index is 12.6. The van der Waals surface area contributed by atoms with Crippen LogP contribution in [0.3, 0.4) is 0 Å². The highest BCUT2D eigenvalue weighted by molar-refractivity contribution is 5.77. The third-order valence-corrected chi connectivity index (χ3v) is 5.04. The molecule has 142 valence electrons. The minimum Gasteiger partial charge on any atom is -0.481 e. The van der Waals surface area contributed by atoms with E-state index >= 15 is 0 Å². The molecule has 0 aliphatic carbocycles. The van der Waals surface area contributed by atoms with Gasteiger partial charge < -0.3 is 15.3 Å². The zero-order chi connectivity index (χ0) is 19.4. The van der Waals surface area contributed by atoms with Gasteiger partial charge in [0.2, 0.25) is 0 Å². The van der Waals surface area contributed by atoms with Crippen LogP contribution in [0.1, 0.15) is 31.9 Å². The Balaban J connectivity index is 1.63. The van der Waals surface area contributed by atoms with E-state index in [-0.39, 0.29) is 24.5 Å². The van der Waals surface area contributed by atoms with Crippen LogP contribution in [0.25, 0.3) is 11.1 Å². The first-order valence-corrected chi connectivity index (χ1v) is 9.22. The van der Waals surface area contributed by atoms with Crippen LogP contribution in [-0.2, 0) is 4.79 Å². The van der Waals surface area contributed by atoms with E-state index in [9.17, 15) is 14.7 Å². The molecule has 1 aromatic carbocycles. The highest BCUT2D eigenvalue weighted by atomic mass is 16.4. The summed E-state index contributed by atoms with van der Waals surface area (Å²) in [5.41, 5.74) is 3.11. The van der Waals surface area contributed by atoms with E-state index in [1.54, 1.807) is 11.1 Å². The number of hydrogen-bond donors (Lipinski definition) is 2. The molecule has 1 aliphatic rings. The van der Waals surface area contributed by atoms with Gasteiger partial charge in [-0.1, -0.05) is 37.3 Å². The number of carboxylic acids is 1.